The molecule has 2 aliphatic rings. The van der Waals surface area contributed by atoms with E-state index in [4.69, 9.17) is 34.8 Å². The van der Waals surface area contributed by atoms with E-state index in [-0.39, 0.29) is 10.8 Å². The lowest BCUT2D eigenvalue weighted by Crippen LogP contribution is -2.25. The van der Waals surface area contributed by atoms with Crippen LogP contribution in [-0.2, 0) is 10.8 Å². The molecule has 0 bridgehead atoms. The van der Waals surface area contributed by atoms with Crippen LogP contribution >= 0.6 is 34.8 Å². The average Bonchev–Trinajstić information content (AvgIpc) is 3.10. The first-order valence-electron chi connectivity index (χ1n) is 14.1. The molecular formula is C34H41Cl3N2. The van der Waals surface area contributed by atoms with Crippen molar-refractivity contribution in [3.05, 3.63) is 104 Å². The highest BCUT2D eigenvalue weighted by molar-refractivity contribution is 6.32. The van der Waals surface area contributed by atoms with Crippen LogP contribution in [0.15, 0.2) is 82.6 Å². The Morgan fingerprint density at radius 1 is 0.974 bits per heavy atom. The van der Waals surface area contributed by atoms with Gasteiger partial charge in [0.2, 0.25) is 0 Å². The van der Waals surface area contributed by atoms with E-state index in [1.54, 1.807) is 0 Å². The van der Waals surface area contributed by atoms with Gasteiger partial charge in [-0.25, -0.2) is 0 Å². The van der Waals surface area contributed by atoms with Crippen molar-refractivity contribution in [2.75, 3.05) is 23.3 Å². The largest absolute Gasteiger partial charge is 0.385 e. The third-order valence-corrected chi connectivity index (χ3v) is 9.05. The maximum absolute atomic E-state index is 7.01. The van der Waals surface area contributed by atoms with Gasteiger partial charge < -0.3 is 10.2 Å². The van der Waals surface area contributed by atoms with Crippen LogP contribution in [0.5, 0.6) is 0 Å². The van der Waals surface area contributed by atoms with Gasteiger partial charge in [0.1, 0.15) is 0 Å². The Bertz CT molecular complexity index is 1340. The highest BCUT2D eigenvalue weighted by Gasteiger charge is 2.39. The standard InChI is InChI=1S/C34H41Cl3N2/c1-7-38-29-17-15-25(35)21-27(29)33(3,4)20-10-13-23-11-9-12-24(32(23)37)14-19-31-34(5,6)28-22-26(36)16-18-30(28)39(31)8-2/h10,13-19,21-22,38H,7-9,11-12,20H2,1-6H3/b13-10+,24-14+,31-19+. The maximum atomic E-state index is 7.01. The van der Waals surface area contributed by atoms with E-state index in [0.29, 0.717) is 0 Å². The molecule has 4 rings (SSSR count). The van der Waals surface area contributed by atoms with E-state index in [9.17, 15) is 0 Å². The molecule has 1 aliphatic carbocycles. The van der Waals surface area contributed by atoms with Crippen molar-refractivity contribution in [2.24, 2.45) is 0 Å². The van der Waals surface area contributed by atoms with Crippen molar-refractivity contribution in [3.8, 4) is 0 Å². The van der Waals surface area contributed by atoms with Gasteiger partial charge in [0.25, 0.3) is 0 Å². The minimum absolute atomic E-state index is 0.0702. The van der Waals surface area contributed by atoms with Gasteiger partial charge in [-0.05, 0) is 110 Å². The summed E-state index contributed by atoms with van der Waals surface area (Å²) in [7, 11) is 0. The highest BCUT2D eigenvalue weighted by Crippen LogP contribution is 2.48. The van der Waals surface area contributed by atoms with E-state index in [1.807, 2.05) is 12.1 Å². The fraction of sp³-hybridized carbons (Fsp3) is 0.412. The molecule has 0 unspecified atom stereocenters. The van der Waals surface area contributed by atoms with Crippen LogP contribution in [-0.4, -0.2) is 13.1 Å². The third kappa shape index (κ3) is 6.29. The second-order valence-corrected chi connectivity index (χ2v) is 12.9. The molecule has 0 atom stereocenters. The molecule has 2 nitrogen and oxygen atoms in total. The Balaban J connectivity index is 1.58. The van der Waals surface area contributed by atoms with Crippen molar-refractivity contribution >= 4 is 46.2 Å². The number of hydrogen-bond acceptors (Lipinski definition) is 2. The third-order valence-electron chi connectivity index (χ3n) is 8.09. The molecule has 0 amide bonds. The molecule has 0 fully saturated rings. The molecular weight excluding hydrogens is 543 g/mol. The monoisotopic (exact) mass is 582 g/mol. The van der Waals surface area contributed by atoms with E-state index in [2.05, 4.69) is 100 Å². The summed E-state index contributed by atoms with van der Waals surface area (Å²) in [4.78, 5) is 2.39. The van der Waals surface area contributed by atoms with Crippen LogP contribution in [0.25, 0.3) is 0 Å². The molecule has 1 heterocycles. The first kappa shape index (κ1) is 29.8. The Kier molecular flexibility index (Phi) is 9.31. The topological polar surface area (TPSA) is 15.3 Å². The second kappa shape index (κ2) is 12.2. The Morgan fingerprint density at radius 2 is 1.69 bits per heavy atom. The zero-order chi connectivity index (χ0) is 28.4. The number of halogens is 3. The van der Waals surface area contributed by atoms with E-state index in [0.717, 1.165) is 59.5 Å². The maximum Gasteiger partial charge on any atom is 0.0469 e. The molecule has 0 saturated carbocycles. The molecule has 2 aromatic rings. The summed E-state index contributed by atoms with van der Waals surface area (Å²) in [6.07, 6.45) is 13.0. The quantitative estimate of drug-likeness (QED) is 0.332. The summed E-state index contributed by atoms with van der Waals surface area (Å²) >= 11 is 19.7. The molecule has 39 heavy (non-hydrogen) atoms. The lowest BCUT2D eigenvalue weighted by molar-refractivity contribution is 0.535. The minimum Gasteiger partial charge on any atom is -0.385 e. The van der Waals surface area contributed by atoms with Crippen LogP contribution in [0.4, 0.5) is 11.4 Å². The number of allylic oxidation sites excluding steroid dienone is 8. The summed E-state index contributed by atoms with van der Waals surface area (Å²) in [5.74, 6) is 0. The summed E-state index contributed by atoms with van der Waals surface area (Å²) in [6.45, 7) is 15.2. The number of benzene rings is 2. The van der Waals surface area contributed by atoms with Gasteiger partial charge in [-0.2, -0.15) is 0 Å². The molecule has 2 aromatic carbocycles. The lowest BCUT2D eigenvalue weighted by atomic mass is 9.80. The van der Waals surface area contributed by atoms with Crippen molar-refractivity contribution in [2.45, 2.75) is 78.1 Å². The van der Waals surface area contributed by atoms with Gasteiger partial charge >= 0.3 is 0 Å². The summed E-state index contributed by atoms with van der Waals surface area (Å²) in [6, 6.07) is 12.3. The predicted molar refractivity (Wildman–Crippen MR) is 173 cm³/mol. The first-order chi connectivity index (χ1) is 18.5. The van der Waals surface area contributed by atoms with Gasteiger partial charge in [-0.3, -0.25) is 0 Å². The Labute approximate surface area is 250 Å². The smallest absolute Gasteiger partial charge is 0.0469 e. The average molecular weight is 584 g/mol. The molecule has 208 valence electrons. The number of likely N-dealkylation sites (N-methyl/N-ethyl adjacent to an activating group) is 1. The van der Waals surface area contributed by atoms with Crippen molar-refractivity contribution < 1.29 is 0 Å². The zero-order valence-corrected chi connectivity index (χ0v) is 26.4. The number of rotatable bonds is 8. The number of fused-ring (bicyclic) bond motifs is 1. The van der Waals surface area contributed by atoms with Gasteiger partial charge in [0.05, 0.1) is 0 Å². The van der Waals surface area contributed by atoms with Gasteiger partial charge in [0.15, 0.2) is 0 Å². The SMILES string of the molecule is CCNc1ccc(Cl)cc1C(C)(C)C/C=C/C1=C(Cl)C(=C/C=C2/N(CC)c3ccc(Cl)cc3C2(C)C)/CCC1. The highest BCUT2D eigenvalue weighted by atomic mass is 35.5. The Morgan fingerprint density at radius 3 is 2.41 bits per heavy atom. The van der Waals surface area contributed by atoms with Crippen molar-refractivity contribution in [1.82, 2.24) is 0 Å². The normalized spacial score (nSPS) is 19.5. The number of hydrogen-bond donors (Lipinski definition) is 1. The second-order valence-electron chi connectivity index (χ2n) is 11.7. The number of anilines is 2. The molecule has 1 N–H and O–H groups in total. The summed E-state index contributed by atoms with van der Waals surface area (Å²) < 4.78 is 0. The summed E-state index contributed by atoms with van der Waals surface area (Å²) in [5, 5.41) is 5.92. The first-order valence-corrected chi connectivity index (χ1v) is 15.2. The number of nitrogens with one attached hydrogen (secondary N) is 1. The van der Waals surface area contributed by atoms with Crippen LogP contribution in [0.2, 0.25) is 10.0 Å². The van der Waals surface area contributed by atoms with Crippen LogP contribution in [0, 0.1) is 0 Å². The van der Waals surface area contributed by atoms with Crippen LogP contribution in [0.3, 0.4) is 0 Å². The predicted octanol–water partition coefficient (Wildman–Crippen LogP) is 11.0. The van der Waals surface area contributed by atoms with E-state index < -0.39 is 0 Å². The summed E-state index contributed by atoms with van der Waals surface area (Å²) in [5.41, 5.74) is 8.40. The molecule has 1 aliphatic heterocycles. The molecule has 0 aromatic heterocycles. The van der Waals surface area contributed by atoms with E-state index >= 15 is 0 Å². The van der Waals surface area contributed by atoms with Crippen LogP contribution in [0.1, 0.15) is 78.4 Å². The zero-order valence-electron chi connectivity index (χ0n) is 24.1. The Hall–Kier alpha value is -2.13. The van der Waals surface area contributed by atoms with Crippen molar-refractivity contribution in [3.63, 3.8) is 0 Å². The van der Waals surface area contributed by atoms with Crippen molar-refractivity contribution in [1.29, 1.82) is 0 Å². The molecule has 0 saturated heterocycles. The lowest BCUT2D eigenvalue weighted by Gasteiger charge is -2.27. The molecule has 5 heteroatoms. The molecule has 0 radical (unpaired) electrons. The molecule has 0 spiro atoms. The van der Waals surface area contributed by atoms with Gasteiger partial charge in [-0.15, -0.1) is 0 Å². The minimum atomic E-state index is -0.127. The van der Waals surface area contributed by atoms with E-state index in [1.165, 1.54) is 33.7 Å². The number of nitrogens with zero attached hydrogens (tertiary/aromatic N) is 1. The van der Waals surface area contributed by atoms with Gasteiger partial charge in [0, 0.05) is 50.7 Å². The fourth-order valence-corrected chi connectivity index (χ4v) is 6.56. The van der Waals surface area contributed by atoms with Crippen LogP contribution < -0.4 is 10.2 Å². The van der Waals surface area contributed by atoms with Gasteiger partial charge in [-0.1, -0.05) is 80.7 Å². The fourth-order valence-electron chi connectivity index (χ4n) is 5.90.